The average molecular weight is 447 g/mol. The van der Waals surface area contributed by atoms with Crippen LogP contribution >= 0.6 is 0 Å². The molecule has 1 spiro atoms. The average Bonchev–Trinajstić information content (AvgIpc) is 3.28. The topological polar surface area (TPSA) is 70.1 Å². The summed E-state index contributed by atoms with van der Waals surface area (Å²) in [4.78, 5) is 30.4. The number of amides is 2. The highest BCUT2D eigenvalue weighted by Gasteiger charge is 2.60. The van der Waals surface area contributed by atoms with E-state index in [1.807, 2.05) is 49.4 Å². The molecule has 33 heavy (non-hydrogen) atoms. The van der Waals surface area contributed by atoms with E-state index in [2.05, 4.69) is 12.6 Å². The molecular weight excluding hydrogens is 416 g/mol. The number of ether oxygens (including phenoxy) is 1. The van der Waals surface area contributed by atoms with Crippen molar-refractivity contribution in [1.29, 1.82) is 0 Å². The van der Waals surface area contributed by atoms with Crippen molar-refractivity contribution in [1.82, 2.24) is 4.90 Å². The zero-order valence-corrected chi connectivity index (χ0v) is 18.9. The van der Waals surface area contributed by atoms with Gasteiger partial charge in [0.25, 0.3) is 5.91 Å². The number of nitrogens with zero attached hydrogens (tertiary/aromatic N) is 2. The summed E-state index contributed by atoms with van der Waals surface area (Å²) >= 11 is 0. The van der Waals surface area contributed by atoms with E-state index in [1.165, 1.54) is 5.56 Å². The van der Waals surface area contributed by atoms with Crippen LogP contribution in [0.2, 0.25) is 0 Å². The van der Waals surface area contributed by atoms with Crippen molar-refractivity contribution in [3.8, 4) is 0 Å². The number of hydrogen-bond acceptors (Lipinski definition) is 4. The van der Waals surface area contributed by atoms with Crippen LogP contribution in [0, 0.1) is 5.92 Å². The van der Waals surface area contributed by atoms with Crippen molar-refractivity contribution in [2.75, 3.05) is 18.1 Å². The summed E-state index contributed by atoms with van der Waals surface area (Å²) in [6.07, 6.45) is 2.83. The maximum absolute atomic E-state index is 13.6. The first kappa shape index (κ1) is 21.9. The van der Waals surface area contributed by atoms with Crippen molar-refractivity contribution in [3.63, 3.8) is 0 Å². The fourth-order valence-electron chi connectivity index (χ4n) is 5.82. The lowest BCUT2D eigenvalue weighted by Crippen LogP contribution is -2.47. The highest BCUT2D eigenvalue weighted by Crippen LogP contribution is 2.53. The van der Waals surface area contributed by atoms with E-state index in [0.29, 0.717) is 25.9 Å². The molecule has 1 saturated heterocycles. The minimum atomic E-state index is -1.06. The fourth-order valence-corrected chi connectivity index (χ4v) is 5.82. The Morgan fingerprint density at radius 2 is 1.94 bits per heavy atom. The Morgan fingerprint density at radius 1 is 1.21 bits per heavy atom. The first-order chi connectivity index (χ1) is 16.0. The van der Waals surface area contributed by atoms with Crippen LogP contribution in [-0.4, -0.2) is 47.1 Å². The highest BCUT2D eigenvalue weighted by atomic mass is 16.5. The molecule has 0 radical (unpaired) electrons. The molecule has 0 aromatic heterocycles. The zero-order chi connectivity index (χ0) is 23.2. The van der Waals surface area contributed by atoms with E-state index in [0.717, 1.165) is 16.8 Å². The Kier molecular flexibility index (Phi) is 5.59. The van der Waals surface area contributed by atoms with Gasteiger partial charge in [-0.05, 0) is 30.0 Å². The highest BCUT2D eigenvalue weighted by molar-refractivity contribution is 6.07. The molecule has 0 unspecified atom stereocenters. The van der Waals surface area contributed by atoms with Crippen LogP contribution in [0.15, 0.2) is 61.2 Å². The summed E-state index contributed by atoms with van der Waals surface area (Å²) in [5.41, 5.74) is 2.97. The Balaban J connectivity index is 1.37. The Bertz CT molecular complexity index is 1100. The van der Waals surface area contributed by atoms with E-state index < -0.39 is 5.60 Å². The summed E-state index contributed by atoms with van der Waals surface area (Å²) in [6.45, 7) is 6.66. The van der Waals surface area contributed by atoms with Gasteiger partial charge in [0.05, 0.1) is 30.9 Å². The van der Waals surface area contributed by atoms with Gasteiger partial charge in [0, 0.05) is 24.6 Å². The maximum Gasteiger partial charge on any atom is 0.264 e. The molecule has 0 saturated carbocycles. The number of aliphatic hydroxyl groups excluding tert-OH is 1. The normalized spacial score (nSPS) is 28.2. The predicted octanol–water partition coefficient (Wildman–Crippen LogP) is 3.18. The van der Waals surface area contributed by atoms with Gasteiger partial charge in [-0.2, -0.15) is 0 Å². The predicted molar refractivity (Wildman–Crippen MR) is 126 cm³/mol. The second-order valence-corrected chi connectivity index (χ2v) is 9.37. The molecule has 2 aromatic carbocycles. The molecule has 3 aliphatic rings. The fraction of sp³-hybridized carbons (Fsp3) is 0.407. The first-order valence-electron chi connectivity index (χ1n) is 11.7. The number of anilines is 1. The van der Waals surface area contributed by atoms with E-state index in [4.69, 9.17) is 4.74 Å². The van der Waals surface area contributed by atoms with Crippen molar-refractivity contribution in [2.45, 2.75) is 50.5 Å². The molecule has 6 nitrogen and oxygen atoms in total. The van der Waals surface area contributed by atoms with E-state index in [9.17, 15) is 14.7 Å². The molecule has 1 fully saturated rings. The van der Waals surface area contributed by atoms with Crippen LogP contribution in [0.3, 0.4) is 0 Å². The smallest absolute Gasteiger partial charge is 0.264 e. The van der Waals surface area contributed by atoms with Gasteiger partial charge < -0.3 is 19.6 Å². The monoisotopic (exact) mass is 446 g/mol. The Morgan fingerprint density at radius 3 is 2.70 bits per heavy atom. The van der Waals surface area contributed by atoms with E-state index in [1.54, 1.807) is 15.9 Å². The maximum atomic E-state index is 13.6. The van der Waals surface area contributed by atoms with Gasteiger partial charge in [0.1, 0.15) is 0 Å². The van der Waals surface area contributed by atoms with Crippen LogP contribution < -0.4 is 4.90 Å². The molecular formula is C27H30N2O4. The van der Waals surface area contributed by atoms with E-state index in [-0.39, 0.29) is 42.9 Å². The summed E-state index contributed by atoms with van der Waals surface area (Å²) < 4.78 is 6.50. The number of carbonyl (C=O) groups excluding carboxylic acids is 2. The van der Waals surface area contributed by atoms with Gasteiger partial charge in [0.2, 0.25) is 5.91 Å². The Hall–Kier alpha value is -2.96. The number of carbonyl (C=O) groups is 2. The van der Waals surface area contributed by atoms with Gasteiger partial charge in [-0.25, -0.2) is 0 Å². The first-order valence-corrected chi connectivity index (χ1v) is 11.7. The van der Waals surface area contributed by atoms with Crippen molar-refractivity contribution in [3.05, 3.63) is 77.9 Å². The van der Waals surface area contributed by atoms with Crippen LogP contribution in [0.5, 0.6) is 0 Å². The van der Waals surface area contributed by atoms with Crippen molar-refractivity contribution >= 4 is 17.5 Å². The minimum absolute atomic E-state index is 0.0421. The van der Waals surface area contributed by atoms with Crippen molar-refractivity contribution in [2.24, 2.45) is 5.92 Å². The molecule has 172 valence electrons. The minimum Gasteiger partial charge on any atom is -0.394 e. The second-order valence-electron chi connectivity index (χ2n) is 9.37. The van der Waals surface area contributed by atoms with Crippen LogP contribution in [0.25, 0.3) is 0 Å². The summed E-state index contributed by atoms with van der Waals surface area (Å²) in [5, 5.41) is 9.95. The van der Waals surface area contributed by atoms with E-state index >= 15 is 0 Å². The SMILES string of the molecule is C=CCN1C(=O)[C@]2(O[C@H](CC(=O)N3Cc4ccccc4C[C@H]3CO)C[C@@H]2C)c2ccccc21. The third-order valence-electron chi connectivity index (χ3n) is 7.42. The number of hydrogen-bond donors (Lipinski definition) is 1. The number of rotatable bonds is 5. The van der Waals surface area contributed by atoms with Gasteiger partial charge in [-0.1, -0.05) is 55.5 Å². The van der Waals surface area contributed by atoms with Crippen LogP contribution in [0.1, 0.15) is 36.5 Å². The van der Waals surface area contributed by atoms with Crippen molar-refractivity contribution < 1.29 is 19.4 Å². The second kappa shape index (κ2) is 8.43. The molecule has 0 aliphatic carbocycles. The third-order valence-corrected chi connectivity index (χ3v) is 7.42. The number of fused-ring (bicyclic) bond motifs is 3. The summed E-state index contributed by atoms with van der Waals surface area (Å²) in [5.74, 6) is -0.180. The zero-order valence-electron chi connectivity index (χ0n) is 18.9. The third kappa shape index (κ3) is 3.40. The molecule has 4 atom stereocenters. The molecule has 6 heteroatoms. The molecule has 5 rings (SSSR count). The van der Waals surface area contributed by atoms with Gasteiger partial charge in [-0.15, -0.1) is 6.58 Å². The summed E-state index contributed by atoms with van der Waals surface area (Å²) in [6, 6.07) is 15.6. The molecule has 1 N–H and O–H groups in total. The lowest BCUT2D eigenvalue weighted by molar-refractivity contribution is -0.150. The number of benzene rings is 2. The lowest BCUT2D eigenvalue weighted by atomic mass is 9.83. The van der Waals surface area contributed by atoms with Gasteiger partial charge >= 0.3 is 0 Å². The largest absolute Gasteiger partial charge is 0.394 e. The van der Waals surface area contributed by atoms with Crippen LogP contribution in [-0.2, 0) is 32.9 Å². The number of para-hydroxylation sites is 1. The quantitative estimate of drug-likeness (QED) is 0.717. The standard InChI is InChI=1S/C27H30N2O4/c1-3-12-28-24-11-7-6-10-23(24)27(26(28)32)18(2)13-22(33-27)15-25(31)29-16-20-9-5-4-8-19(20)14-21(29)17-30/h3-11,18,21-22,30H,1,12-17H2,2H3/t18-,21-,22-,27+/m0/s1. The van der Waals surface area contributed by atoms with Gasteiger partial charge in [0.15, 0.2) is 5.60 Å². The molecule has 3 aliphatic heterocycles. The molecule has 3 heterocycles. The number of aliphatic hydroxyl groups is 1. The van der Waals surface area contributed by atoms with Gasteiger partial charge in [-0.3, -0.25) is 9.59 Å². The molecule has 2 amide bonds. The summed E-state index contributed by atoms with van der Waals surface area (Å²) in [7, 11) is 0. The molecule has 0 bridgehead atoms. The molecule has 2 aromatic rings. The van der Waals surface area contributed by atoms with Crippen LogP contribution in [0.4, 0.5) is 5.69 Å². The Labute approximate surface area is 194 Å². The lowest BCUT2D eigenvalue weighted by Gasteiger charge is -2.36.